The minimum absolute atomic E-state index is 0. The number of nitrogens with zero attached hydrogens (tertiary/aromatic N) is 6. The minimum Gasteiger partial charge on any atom is -1.00 e. The zero-order valence-corrected chi connectivity index (χ0v) is 63.9. The summed E-state index contributed by atoms with van der Waals surface area (Å²) in [5.74, 6) is -0.365. The number of piperidine rings is 3. The van der Waals surface area contributed by atoms with Crippen LogP contribution in [0.2, 0.25) is 30.1 Å². The van der Waals surface area contributed by atoms with Crippen molar-refractivity contribution in [1.82, 2.24) is 30.7 Å². The molecule has 544 valence electrons. The molecular weight excluding hydrogens is 1590 g/mol. The molecule has 29 heteroatoms. The molecule has 103 heavy (non-hydrogen) atoms. The molecule has 9 atom stereocenters. The second-order valence-corrected chi connectivity index (χ2v) is 32.4. The van der Waals surface area contributed by atoms with Crippen LogP contribution < -0.4 is 34.2 Å². The minimum atomic E-state index is -0.596. The number of aromatic nitrogens is 4. The van der Waals surface area contributed by atoms with Crippen molar-refractivity contribution in [1.29, 1.82) is 0 Å². The Morgan fingerprint density at radius 3 is 1.26 bits per heavy atom. The number of carbonyl (C=O) groups is 5. The van der Waals surface area contributed by atoms with Crippen molar-refractivity contribution >= 4 is 126 Å². The van der Waals surface area contributed by atoms with Crippen LogP contribution in [0.15, 0.2) is 80.3 Å². The number of ether oxygens (including phenoxy) is 5. The van der Waals surface area contributed by atoms with E-state index in [9.17, 15) is 28.4 Å². The number of carbonyl (C=O) groups excluding carboxylic acids is 5. The van der Waals surface area contributed by atoms with Gasteiger partial charge in [-0.15, -0.1) is 0 Å². The largest absolute Gasteiger partial charge is 1.00 e. The predicted molar refractivity (Wildman–Crippen MR) is 382 cm³/mol. The Bertz CT molecular complexity index is 4510. The third kappa shape index (κ3) is 15.4. The van der Waals surface area contributed by atoms with Crippen LogP contribution in [0.1, 0.15) is 213 Å². The second-order valence-electron chi connectivity index (χ2n) is 28.9. The SMILES string of the molecule is CC(C)(C)OC(=O)N1[C@@H]2CC[C@H]1CC(OC(=O)c1c(-c3c(Cl)cccc3Cl)noc1C1CC1)C2.COC(=O)c1cc(F)c2nc(N3[C@@H]4CC[C@H]3CC(OC(=O)c3c(-c5c(Cl)cccc5Cl)noc3C3CC3)C4)sc2c1.O=C(OC1C[C@H]2CC[C@@H](C1)N2)c1c(-c2c(Cl)cccc2Cl)noc1C1CC1.[I-]. The summed E-state index contributed by atoms with van der Waals surface area (Å²) in [7, 11) is 1.26. The number of thiazole rings is 1. The first-order valence-electron chi connectivity index (χ1n) is 34.7. The van der Waals surface area contributed by atoms with Crippen LogP contribution in [0.5, 0.6) is 0 Å². The molecule has 6 bridgehead atoms. The molecule has 9 fully saturated rings. The van der Waals surface area contributed by atoms with E-state index in [4.69, 9.17) is 107 Å². The Hall–Kier alpha value is -6.29. The summed E-state index contributed by atoms with van der Waals surface area (Å²) < 4.78 is 60.6. The van der Waals surface area contributed by atoms with Crippen LogP contribution >= 0.6 is 80.9 Å². The number of halogens is 8. The van der Waals surface area contributed by atoms with E-state index in [1.54, 1.807) is 60.7 Å². The summed E-state index contributed by atoms with van der Waals surface area (Å²) in [6.45, 7) is 5.59. The van der Waals surface area contributed by atoms with E-state index >= 15 is 0 Å². The Balaban J connectivity index is 0.000000133. The van der Waals surface area contributed by atoms with Crippen molar-refractivity contribution in [2.75, 3.05) is 12.0 Å². The molecule has 6 saturated heterocycles. The molecule has 0 radical (unpaired) electrons. The average Bonchev–Trinajstić information content (AvgIpc) is 1.63. The van der Waals surface area contributed by atoms with Gasteiger partial charge in [-0.3, -0.25) is 0 Å². The van der Waals surface area contributed by atoms with Gasteiger partial charge >= 0.3 is 30.0 Å². The van der Waals surface area contributed by atoms with Crippen molar-refractivity contribution in [2.24, 2.45) is 0 Å². The molecule has 1 amide bonds. The van der Waals surface area contributed by atoms with E-state index in [2.05, 4.69) is 30.7 Å². The van der Waals surface area contributed by atoms with Gasteiger partial charge in [0.1, 0.15) is 63.2 Å². The summed E-state index contributed by atoms with van der Waals surface area (Å²) in [6.07, 6.45) is 14.6. The highest BCUT2D eigenvalue weighted by Crippen LogP contribution is 2.51. The first kappa shape index (κ1) is 73.6. The van der Waals surface area contributed by atoms with E-state index < -0.39 is 29.3 Å². The van der Waals surface area contributed by atoms with Crippen LogP contribution in [0.4, 0.5) is 14.3 Å². The maximum Gasteiger partial charge on any atom is 0.410 e. The lowest BCUT2D eigenvalue weighted by Gasteiger charge is -2.39. The summed E-state index contributed by atoms with van der Waals surface area (Å²) in [6, 6.07) is 19.3. The van der Waals surface area contributed by atoms with Crippen molar-refractivity contribution in [3.8, 4) is 33.8 Å². The molecule has 4 aromatic carbocycles. The zero-order valence-electron chi connectivity index (χ0n) is 56.4. The molecule has 10 heterocycles. The molecule has 9 aliphatic rings. The van der Waals surface area contributed by atoms with Crippen molar-refractivity contribution in [3.63, 3.8) is 0 Å². The number of rotatable bonds is 14. The molecule has 3 aliphatic carbocycles. The number of esters is 4. The average molecular weight is 1660 g/mol. The van der Waals surface area contributed by atoms with Gasteiger partial charge in [-0.25, -0.2) is 33.3 Å². The van der Waals surface area contributed by atoms with Gasteiger partial charge in [-0.05, 0) is 159 Å². The van der Waals surface area contributed by atoms with Gasteiger partial charge in [0.15, 0.2) is 28.2 Å². The normalized spacial score (nSPS) is 23.8. The van der Waals surface area contributed by atoms with Crippen molar-refractivity contribution in [2.45, 2.75) is 214 Å². The van der Waals surface area contributed by atoms with Gasteiger partial charge in [0.25, 0.3) is 0 Å². The first-order valence-corrected chi connectivity index (χ1v) is 37.8. The molecule has 20 nitrogen and oxygen atoms in total. The van der Waals surface area contributed by atoms with Crippen LogP contribution in [-0.4, -0.2) is 123 Å². The fourth-order valence-electron chi connectivity index (χ4n) is 15.5. The Morgan fingerprint density at radius 2 is 0.893 bits per heavy atom. The lowest BCUT2D eigenvalue weighted by atomic mass is 9.99. The van der Waals surface area contributed by atoms with Gasteiger partial charge in [-0.2, -0.15) is 0 Å². The van der Waals surface area contributed by atoms with Crippen molar-refractivity contribution in [3.05, 3.63) is 142 Å². The van der Waals surface area contributed by atoms with Gasteiger partial charge < -0.3 is 76.3 Å². The molecular formula is C74H72Cl6FIN7O13S-. The fourth-order valence-corrected chi connectivity index (χ4v) is 18.4. The summed E-state index contributed by atoms with van der Waals surface area (Å²) in [4.78, 5) is 73.6. The maximum atomic E-state index is 14.8. The summed E-state index contributed by atoms with van der Waals surface area (Å²) in [5.41, 5.74) is 3.26. The summed E-state index contributed by atoms with van der Waals surface area (Å²) in [5, 5.41) is 19.2. The third-order valence-corrected chi connectivity index (χ3v) is 23.4. The molecule has 3 unspecified atom stereocenters. The number of anilines is 1. The Kier molecular flexibility index (Phi) is 21.6. The van der Waals surface area contributed by atoms with Gasteiger partial charge in [-0.1, -0.05) is 115 Å². The highest BCUT2D eigenvalue weighted by molar-refractivity contribution is 7.22. The van der Waals surface area contributed by atoms with Gasteiger partial charge in [0, 0.05) is 96.4 Å². The topological polar surface area (TPSA) is 241 Å². The van der Waals surface area contributed by atoms with Crippen LogP contribution in [0.25, 0.3) is 44.0 Å². The van der Waals surface area contributed by atoms with Crippen molar-refractivity contribution < 1.29 is 89.6 Å². The number of methoxy groups -OCH3 is 1. The van der Waals surface area contributed by atoms with E-state index in [0.717, 1.165) is 96.0 Å². The first-order chi connectivity index (χ1) is 49.0. The Morgan fingerprint density at radius 1 is 0.524 bits per heavy atom. The lowest BCUT2D eigenvalue weighted by Crippen LogP contribution is -3.00. The predicted octanol–water partition coefficient (Wildman–Crippen LogP) is 16.0. The van der Waals surface area contributed by atoms with Gasteiger partial charge in [0.2, 0.25) is 0 Å². The number of fused-ring (bicyclic) bond motifs is 7. The molecule has 17 rings (SSSR count). The van der Waals surface area contributed by atoms with Crippen LogP contribution in [0, 0.1) is 5.82 Å². The molecule has 0 spiro atoms. The number of nitrogens with one attached hydrogen (secondary N) is 1. The third-order valence-electron chi connectivity index (χ3n) is 20.5. The second kappa shape index (κ2) is 30.2. The zero-order chi connectivity index (χ0) is 71.2. The monoisotopic (exact) mass is 1650 g/mol. The number of hydrogen-bond acceptors (Lipinski definition) is 20. The molecule has 1 N–H and O–H groups in total. The van der Waals surface area contributed by atoms with Crippen LogP contribution in [-0.2, 0) is 23.7 Å². The molecule has 4 aromatic heterocycles. The van der Waals surface area contributed by atoms with E-state index in [0.29, 0.717) is 145 Å². The van der Waals surface area contributed by atoms with E-state index in [-0.39, 0.29) is 107 Å². The standard InChI is InChI=1S/C29H24Cl2FN3O5S.C25H28Cl2N2O5.C20H20Cl2N2O3.HI/c1-38-27(36)14-9-20(32)24-21(10-14)41-29(33-24)35-15-7-8-16(35)12-17(11-15)39-28(37)23-25(34-40-26(23)13-5-6-13)22-18(30)3-2-4-19(22)31;1-25(2,3)33-24(31)29-14-9-10-15(29)12-16(11-14)32-23(30)20-21(28-34-22(20)13-7-8-13)19-17(26)5-4-6-18(19)27;21-14-2-1-3-15(22)16(14)18-17(19(27-24-18)10-4-5-10)20(25)26-13-8-11-6-7-12(9-13)23-11;/h2-4,9-10,13,15-17H,5-8,11-12H2,1H3;4-6,13-16H,7-12H2,1-3H3;1-3,10-13,23H,4-9H2;1H/p-1/t15-,16+,17?;14-,15+,16?;11-,12+,13?;. The maximum absolute atomic E-state index is 14.8. The molecule has 6 aliphatic heterocycles. The van der Waals surface area contributed by atoms with E-state index in [1.165, 1.54) is 18.4 Å². The molecule has 8 aromatic rings. The number of amides is 1. The fraction of sp³-hybridized carbons (Fsp3) is 0.473. The quantitative estimate of drug-likeness (QED) is 0.0604. The number of benzene rings is 4. The van der Waals surface area contributed by atoms with Gasteiger partial charge in [0.05, 0.1) is 47.5 Å². The lowest BCUT2D eigenvalue weighted by molar-refractivity contribution is -0.0228. The van der Waals surface area contributed by atoms with E-state index in [1.807, 2.05) is 25.7 Å². The smallest absolute Gasteiger partial charge is 0.410 e. The summed E-state index contributed by atoms with van der Waals surface area (Å²) >= 11 is 39.8. The highest BCUT2D eigenvalue weighted by atomic mass is 127. The molecule has 3 saturated carbocycles. The number of hydrogen-bond donors (Lipinski definition) is 1. The Labute approximate surface area is 643 Å². The highest BCUT2D eigenvalue weighted by Gasteiger charge is 2.49. The van der Waals surface area contributed by atoms with Crippen LogP contribution in [0.3, 0.4) is 0 Å².